The molecule has 7 nitrogen and oxygen atoms in total. The average Bonchev–Trinajstić information content (AvgIpc) is 2.84. The van der Waals surface area contributed by atoms with Gasteiger partial charge in [-0.15, -0.1) is 0 Å². The lowest BCUT2D eigenvalue weighted by Gasteiger charge is -2.29. The number of aliphatic hydroxyl groups is 1. The SMILES string of the molecule is Cc1nn(C)c(NC(=O)N[C@@H]2CNCC[C@H]2O)c1-c1ccccc1. The minimum Gasteiger partial charge on any atom is -0.391 e. The summed E-state index contributed by atoms with van der Waals surface area (Å²) in [5.41, 5.74) is 2.74. The van der Waals surface area contributed by atoms with Crippen molar-refractivity contribution in [2.24, 2.45) is 7.05 Å². The van der Waals surface area contributed by atoms with Crippen molar-refractivity contribution in [3.8, 4) is 11.1 Å². The van der Waals surface area contributed by atoms with E-state index in [-0.39, 0.29) is 12.1 Å². The molecule has 128 valence electrons. The van der Waals surface area contributed by atoms with E-state index in [2.05, 4.69) is 21.0 Å². The Balaban J connectivity index is 1.79. The molecular weight excluding hydrogens is 306 g/mol. The van der Waals surface area contributed by atoms with Crippen molar-refractivity contribution in [3.63, 3.8) is 0 Å². The number of aryl methyl sites for hydroxylation is 2. The van der Waals surface area contributed by atoms with Crippen LogP contribution in [0.5, 0.6) is 0 Å². The number of carbonyl (C=O) groups is 1. The molecule has 1 aliphatic rings. The number of amides is 2. The lowest BCUT2D eigenvalue weighted by atomic mass is 10.0. The molecule has 7 heteroatoms. The summed E-state index contributed by atoms with van der Waals surface area (Å²) in [6, 6.07) is 9.19. The van der Waals surface area contributed by atoms with Crippen LogP contribution in [0.3, 0.4) is 0 Å². The van der Waals surface area contributed by atoms with E-state index >= 15 is 0 Å². The molecule has 0 aliphatic carbocycles. The molecule has 0 spiro atoms. The Hall–Kier alpha value is -2.38. The van der Waals surface area contributed by atoms with Gasteiger partial charge in [-0.1, -0.05) is 30.3 Å². The summed E-state index contributed by atoms with van der Waals surface area (Å²) in [4.78, 5) is 12.4. The zero-order valence-corrected chi connectivity index (χ0v) is 13.9. The third-order valence-corrected chi connectivity index (χ3v) is 4.28. The van der Waals surface area contributed by atoms with Crippen LogP contribution in [-0.4, -0.2) is 46.2 Å². The van der Waals surface area contributed by atoms with E-state index in [0.717, 1.165) is 23.4 Å². The van der Waals surface area contributed by atoms with Crippen molar-refractivity contribution >= 4 is 11.8 Å². The number of anilines is 1. The highest BCUT2D eigenvalue weighted by atomic mass is 16.3. The van der Waals surface area contributed by atoms with Gasteiger partial charge in [0, 0.05) is 19.2 Å². The number of urea groups is 1. The van der Waals surface area contributed by atoms with E-state index in [0.29, 0.717) is 18.8 Å². The molecule has 4 N–H and O–H groups in total. The molecule has 24 heavy (non-hydrogen) atoms. The van der Waals surface area contributed by atoms with E-state index < -0.39 is 6.10 Å². The maximum Gasteiger partial charge on any atom is 0.320 e. The molecule has 2 amide bonds. The number of benzene rings is 1. The highest BCUT2D eigenvalue weighted by Gasteiger charge is 2.25. The van der Waals surface area contributed by atoms with Gasteiger partial charge < -0.3 is 15.7 Å². The summed E-state index contributed by atoms with van der Waals surface area (Å²) in [6.45, 7) is 3.24. The summed E-state index contributed by atoms with van der Waals surface area (Å²) in [5, 5.41) is 23.3. The highest BCUT2D eigenvalue weighted by Crippen LogP contribution is 2.30. The fraction of sp³-hybridized carbons (Fsp3) is 0.412. The number of carbonyl (C=O) groups excluding carboxylic acids is 1. The van der Waals surface area contributed by atoms with Crippen LogP contribution in [0.4, 0.5) is 10.6 Å². The van der Waals surface area contributed by atoms with E-state index in [1.54, 1.807) is 11.7 Å². The topological polar surface area (TPSA) is 91.2 Å². The van der Waals surface area contributed by atoms with Crippen LogP contribution in [0, 0.1) is 6.92 Å². The molecule has 1 saturated heterocycles. The smallest absolute Gasteiger partial charge is 0.320 e. The standard InChI is InChI=1S/C17H23N5O2/c1-11-15(12-6-4-3-5-7-12)16(22(2)21-11)20-17(24)19-13-10-18-9-8-14(13)23/h3-7,13-14,18,23H,8-10H2,1-2H3,(H2,19,20,24)/t13-,14-/m1/s1. The van der Waals surface area contributed by atoms with Crippen LogP contribution in [0.25, 0.3) is 11.1 Å². The number of nitrogens with one attached hydrogen (secondary N) is 3. The van der Waals surface area contributed by atoms with Crippen LogP contribution < -0.4 is 16.0 Å². The number of piperidine rings is 1. The molecule has 2 aromatic rings. The first-order valence-corrected chi connectivity index (χ1v) is 8.11. The number of aromatic nitrogens is 2. The summed E-state index contributed by atoms with van der Waals surface area (Å²) < 4.78 is 1.66. The second-order valence-corrected chi connectivity index (χ2v) is 6.06. The lowest BCUT2D eigenvalue weighted by Crippen LogP contribution is -2.54. The monoisotopic (exact) mass is 329 g/mol. The van der Waals surface area contributed by atoms with E-state index in [4.69, 9.17) is 0 Å². The Bertz CT molecular complexity index is 713. The van der Waals surface area contributed by atoms with Crippen LogP contribution in [0.2, 0.25) is 0 Å². The molecular formula is C17H23N5O2. The average molecular weight is 329 g/mol. The normalized spacial score (nSPS) is 20.6. The Labute approximate surface area is 141 Å². The molecule has 3 rings (SSSR count). The number of rotatable bonds is 3. The van der Waals surface area contributed by atoms with Crippen molar-refractivity contribution in [3.05, 3.63) is 36.0 Å². The van der Waals surface area contributed by atoms with Gasteiger partial charge in [-0.25, -0.2) is 4.79 Å². The fourth-order valence-electron chi connectivity index (χ4n) is 3.06. The van der Waals surface area contributed by atoms with E-state index in [9.17, 15) is 9.90 Å². The zero-order valence-electron chi connectivity index (χ0n) is 13.9. The highest BCUT2D eigenvalue weighted by molar-refractivity contribution is 5.94. The number of aliphatic hydroxyl groups excluding tert-OH is 1. The third-order valence-electron chi connectivity index (χ3n) is 4.28. The van der Waals surface area contributed by atoms with Crippen LogP contribution in [-0.2, 0) is 7.05 Å². The van der Waals surface area contributed by atoms with Crippen molar-refractivity contribution in [2.45, 2.75) is 25.5 Å². The summed E-state index contributed by atoms with van der Waals surface area (Å²) in [7, 11) is 1.80. The van der Waals surface area contributed by atoms with Gasteiger partial charge in [0.2, 0.25) is 0 Å². The van der Waals surface area contributed by atoms with Crippen molar-refractivity contribution < 1.29 is 9.90 Å². The maximum atomic E-state index is 12.4. The molecule has 1 fully saturated rings. The minimum atomic E-state index is -0.529. The maximum absolute atomic E-state index is 12.4. The quantitative estimate of drug-likeness (QED) is 0.682. The molecule has 0 unspecified atom stereocenters. The Kier molecular flexibility index (Phi) is 4.82. The Morgan fingerprint density at radius 2 is 2.12 bits per heavy atom. The van der Waals surface area contributed by atoms with Crippen LogP contribution in [0.15, 0.2) is 30.3 Å². The fourth-order valence-corrected chi connectivity index (χ4v) is 3.06. The number of hydrogen-bond donors (Lipinski definition) is 4. The summed E-state index contributed by atoms with van der Waals surface area (Å²) in [6.07, 6.45) is 0.101. The van der Waals surface area contributed by atoms with Gasteiger partial charge >= 0.3 is 6.03 Å². The molecule has 1 aromatic carbocycles. The van der Waals surface area contributed by atoms with Crippen molar-refractivity contribution in [2.75, 3.05) is 18.4 Å². The van der Waals surface area contributed by atoms with Gasteiger partial charge in [-0.2, -0.15) is 5.10 Å². The van der Waals surface area contributed by atoms with E-state index in [1.165, 1.54) is 0 Å². The lowest BCUT2D eigenvalue weighted by molar-refractivity contribution is 0.103. The predicted octanol–water partition coefficient (Wildman–Crippen LogP) is 1.24. The second-order valence-electron chi connectivity index (χ2n) is 6.06. The van der Waals surface area contributed by atoms with Gasteiger partial charge in [-0.05, 0) is 25.5 Å². The largest absolute Gasteiger partial charge is 0.391 e. The molecule has 1 aromatic heterocycles. The molecule has 2 heterocycles. The Morgan fingerprint density at radius 3 is 2.83 bits per heavy atom. The first kappa shape index (κ1) is 16.5. The van der Waals surface area contributed by atoms with Crippen molar-refractivity contribution in [1.82, 2.24) is 20.4 Å². The molecule has 2 atom stereocenters. The van der Waals surface area contributed by atoms with Gasteiger partial charge in [0.05, 0.1) is 17.8 Å². The van der Waals surface area contributed by atoms with Crippen molar-refractivity contribution in [1.29, 1.82) is 0 Å². The Morgan fingerprint density at radius 1 is 1.38 bits per heavy atom. The van der Waals surface area contributed by atoms with E-state index in [1.807, 2.05) is 37.3 Å². The minimum absolute atomic E-state index is 0.298. The summed E-state index contributed by atoms with van der Waals surface area (Å²) >= 11 is 0. The van der Waals surface area contributed by atoms with Crippen LogP contribution in [0.1, 0.15) is 12.1 Å². The van der Waals surface area contributed by atoms with Gasteiger partial charge in [0.25, 0.3) is 0 Å². The molecule has 0 radical (unpaired) electrons. The molecule has 1 aliphatic heterocycles. The van der Waals surface area contributed by atoms with Gasteiger partial charge in [0.1, 0.15) is 5.82 Å². The zero-order chi connectivity index (χ0) is 17.1. The van der Waals surface area contributed by atoms with Crippen LogP contribution >= 0.6 is 0 Å². The third kappa shape index (κ3) is 3.42. The molecule has 0 bridgehead atoms. The number of hydrogen-bond acceptors (Lipinski definition) is 4. The predicted molar refractivity (Wildman–Crippen MR) is 92.8 cm³/mol. The first-order valence-electron chi connectivity index (χ1n) is 8.11. The molecule has 0 saturated carbocycles. The number of nitrogens with zero attached hydrogens (tertiary/aromatic N) is 2. The second kappa shape index (κ2) is 7.02. The van der Waals surface area contributed by atoms with Gasteiger partial charge in [-0.3, -0.25) is 10.00 Å². The first-order chi connectivity index (χ1) is 11.6. The van der Waals surface area contributed by atoms with Gasteiger partial charge in [0.15, 0.2) is 0 Å². The summed E-state index contributed by atoms with van der Waals surface area (Å²) in [5.74, 6) is 0.634.